The van der Waals surface area contributed by atoms with Gasteiger partial charge in [-0.1, -0.05) is 20.8 Å². The predicted octanol–water partition coefficient (Wildman–Crippen LogP) is 2.28. The van der Waals surface area contributed by atoms with Crippen molar-refractivity contribution in [3.63, 3.8) is 0 Å². The molecule has 0 saturated carbocycles. The van der Waals surface area contributed by atoms with Gasteiger partial charge < -0.3 is 10.2 Å². The summed E-state index contributed by atoms with van der Waals surface area (Å²) in [6.07, 6.45) is 2.30. The van der Waals surface area contributed by atoms with Gasteiger partial charge in [-0.25, -0.2) is 4.98 Å². The maximum Gasteiger partial charge on any atom is 0.0929 e. The molecule has 0 spiro atoms. The van der Waals surface area contributed by atoms with Crippen LogP contribution in [0.2, 0.25) is 0 Å². The van der Waals surface area contributed by atoms with E-state index in [1.807, 2.05) is 11.3 Å². The monoisotopic (exact) mass is 267 g/mol. The molecule has 0 amide bonds. The minimum Gasteiger partial charge on any atom is -0.311 e. The van der Waals surface area contributed by atoms with E-state index < -0.39 is 0 Å². The molecular weight excluding hydrogens is 242 g/mol. The highest BCUT2D eigenvalue weighted by Crippen LogP contribution is 2.24. The second-order valence-electron chi connectivity index (χ2n) is 6.33. The van der Waals surface area contributed by atoms with E-state index in [4.69, 9.17) is 4.98 Å². The maximum absolute atomic E-state index is 4.76. The third-order valence-electron chi connectivity index (χ3n) is 3.49. The lowest BCUT2D eigenvalue weighted by molar-refractivity contribution is 0.232. The molecule has 3 nitrogen and oxygen atoms in total. The lowest BCUT2D eigenvalue weighted by Gasteiger charge is -2.30. The number of hydrogen-bond acceptors (Lipinski definition) is 4. The van der Waals surface area contributed by atoms with Crippen LogP contribution in [0.3, 0.4) is 0 Å². The highest BCUT2D eigenvalue weighted by atomic mass is 32.1. The fraction of sp³-hybridized carbons (Fsp3) is 0.786. The second kappa shape index (κ2) is 5.68. The molecule has 1 saturated heterocycles. The zero-order valence-electron chi connectivity index (χ0n) is 12.0. The Morgan fingerprint density at radius 2 is 2.28 bits per heavy atom. The normalized spacial score (nSPS) is 22.3. The van der Waals surface area contributed by atoms with Gasteiger partial charge in [-0.2, -0.15) is 0 Å². The molecule has 2 heterocycles. The number of aromatic nitrogens is 1. The van der Waals surface area contributed by atoms with Crippen LogP contribution in [0.1, 0.15) is 37.9 Å². The smallest absolute Gasteiger partial charge is 0.0929 e. The first-order valence-electron chi connectivity index (χ1n) is 6.82. The van der Waals surface area contributed by atoms with E-state index in [0.29, 0.717) is 6.04 Å². The number of hydrogen-bond donors (Lipinski definition) is 1. The Morgan fingerprint density at radius 3 is 2.89 bits per heavy atom. The topological polar surface area (TPSA) is 28.2 Å². The largest absolute Gasteiger partial charge is 0.311 e. The summed E-state index contributed by atoms with van der Waals surface area (Å²) in [4.78, 5) is 7.17. The van der Waals surface area contributed by atoms with Crippen molar-refractivity contribution in [3.8, 4) is 0 Å². The number of rotatable bonds is 3. The Kier molecular flexibility index (Phi) is 4.41. The number of thiazole rings is 1. The SMILES string of the molecule is CN1CCNC(CCc2nc(C(C)(C)C)cs2)C1. The number of likely N-dealkylation sites (N-methyl/N-ethyl adjacent to an activating group) is 1. The van der Waals surface area contributed by atoms with Crippen molar-refractivity contribution in [2.24, 2.45) is 0 Å². The van der Waals surface area contributed by atoms with Crippen LogP contribution in [0.5, 0.6) is 0 Å². The molecule has 18 heavy (non-hydrogen) atoms. The van der Waals surface area contributed by atoms with Crippen molar-refractivity contribution in [2.75, 3.05) is 26.7 Å². The number of nitrogens with zero attached hydrogens (tertiary/aromatic N) is 2. The quantitative estimate of drug-likeness (QED) is 0.910. The Morgan fingerprint density at radius 1 is 1.50 bits per heavy atom. The van der Waals surface area contributed by atoms with Gasteiger partial charge in [0, 0.05) is 42.9 Å². The maximum atomic E-state index is 4.76. The molecule has 1 aliphatic heterocycles. The van der Waals surface area contributed by atoms with Crippen molar-refractivity contribution in [3.05, 3.63) is 16.1 Å². The fourth-order valence-electron chi connectivity index (χ4n) is 2.25. The van der Waals surface area contributed by atoms with Gasteiger partial charge in [0.1, 0.15) is 0 Å². The predicted molar refractivity (Wildman–Crippen MR) is 78.4 cm³/mol. The number of nitrogens with one attached hydrogen (secondary N) is 1. The molecule has 1 atom stereocenters. The van der Waals surface area contributed by atoms with Crippen LogP contribution in [0.4, 0.5) is 0 Å². The molecule has 1 aromatic heterocycles. The highest BCUT2D eigenvalue weighted by molar-refractivity contribution is 7.09. The summed E-state index contributed by atoms with van der Waals surface area (Å²) in [5, 5.41) is 7.10. The van der Waals surface area contributed by atoms with Crippen molar-refractivity contribution in [1.29, 1.82) is 0 Å². The summed E-state index contributed by atoms with van der Waals surface area (Å²) >= 11 is 1.81. The summed E-state index contributed by atoms with van der Waals surface area (Å²) in [6, 6.07) is 0.630. The lowest BCUT2D eigenvalue weighted by atomic mass is 9.93. The van der Waals surface area contributed by atoms with Crippen LogP contribution in [-0.2, 0) is 11.8 Å². The Hall–Kier alpha value is -0.450. The lowest BCUT2D eigenvalue weighted by Crippen LogP contribution is -2.49. The molecule has 1 unspecified atom stereocenters. The first-order valence-corrected chi connectivity index (χ1v) is 7.70. The summed E-state index contributed by atoms with van der Waals surface area (Å²) in [6.45, 7) is 10.1. The van der Waals surface area contributed by atoms with Gasteiger partial charge in [0.2, 0.25) is 0 Å². The molecule has 102 valence electrons. The van der Waals surface area contributed by atoms with E-state index in [2.05, 4.69) is 43.4 Å². The van der Waals surface area contributed by atoms with E-state index in [1.54, 1.807) is 0 Å². The van der Waals surface area contributed by atoms with Crippen LogP contribution in [0, 0.1) is 0 Å². The Labute approximate surface area is 115 Å². The van der Waals surface area contributed by atoms with Gasteiger partial charge in [0.15, 0.2) is 0 Å². The van der Waals surface area contributed by atoms with Gasteiger partial charge in [-0.05, 0) is 13.5 Å². The number of piperazine rings is 1. The van der Waals surface area contributed by atoms with E-state index in [9.17, 15) is 0 Å². The summed E-state index contributed by atoms with van der Waals surface area (Å²) in [5.74, 6) is 0. The van der Waals surface area contributed by atoms with E-state index in [-0.39, 0.29) is 5.41 Å². The van der Waals surface area contributed by atoms with Crippen molar-refractivity contribution in [2.45, 2.75) is 45.1 Å². The molecule has 0 bridgehead atoms. The van der Waals surface area contributed by atoms with Crippen LogP contribution in [-0.4, -0.2) is 42.6 Å². The molecule has 2 rings (SSSR count). The molecule has 0 radical (unpaired) electrons. The second-order valence-corrected chi connectivity index (χ2v) is 7.27. The minimum atomic E-state index is 0.179. The van der Waals surface area contributed by atoms with Gasteiger partial charge in [0.25, 0.3) is 0 Å². The van der Waals surface area contributed by atoms with Crippen LogP contribution >= 0.6 is 11.3 Å². The Balaban J connectivity index is 1.85. The molecule has 0 aromatic carbocycles. The van der Waals surface area contributed by atoms with E-state index in [0.717, 1.165) is 19.5 Å². The fourth-order valence-corrected chi connectivity index (χ4v) is 3.29. The third kappa shape index (κ3) is 3.77. The number of aryl methyl sites for hydroxylation is 1. The Bertz CT molecular complexity index is 381. The molecule has 4 heteroatoms. The standard InChI is InChI=1S/C14H25N3S/c1-14(2,3)12-10-18-13(16-12)6-5-11-9-17(4)8-7-15-11/h10-11,15H,5-9H2,1-4H3. The molecule has 1 N–H and O–H groups in total. The third-order valence-corrected chi connectivity index (χ3v) is 4.39. The van der Waals surface area contributed by atoms with E-state index in [1.165, 1.54) is 23.7 Å². The van der Waals surface area contributed by atoms with Crippen molar-refractivity contribution >= 4 is 11.3 Å². The van der Waals surface area contributed by atoms with Gasteiger partial charge in [-0.15, -0.1) is 11.3 Å². The average Bonchev–Trinajstić information content (AvgIpc) is 2.74. The van der Waals surface area contributed by atoms with Crippen LogP contribution in [0.15, 0.2) is 5.38 Å². The first kappa shape index (κ1) is 14.0. The average molecular weight is 267 g/mol. The zero-order chi connectivity index (χ0) is 13.2. The first-order chi connectivity index (χ1) is 8.45. The molecule has 1 fully saturated rings. The van der Waals surface area contributed by atoms with E-state index >= 15 is 0 Å². The molecule has 1 aliphatic rings. The summed E-state index contributed by atoms with van der Waals surface area (Å²) in [5.41, 5.74) is 1.41. The molecular formula is C14H25N3S. The van der Waals surface area contributed by atoms with Gasteiger partial charge in [0.05, 0.1) is 10.7 Å². The summed E-state index contributed by atoms with van der Waals surface area (Å²) < 4.78 is 0. The van der Waals surface area contributed by atoms with Crippen molar-refractivity contribution in [1.82, 2.24) is 15.2 Å². The molecule has 1 aromatic rings. The highest BCUT2D eigenvalue weighted by Gasteiger charge is 2.19. The minimum absolute atomic E-state index is 0.179. The molecule has 0 aliphatic carbocycles. The van der Waals surface area contributed by atoms with Gasteiger partial charge >= 0.3 is 0 Å². The van der Waals surface area contributed by atoms with Gasteiger partial charge in [-0.3, -0.25) is 0 Å². The van der Waals surface area contributed by atoms with Crippen LogP contribution in [0.25, 0.3) is 0 Å². The zero-order valence-corrected chi connectivity index (χ0v) is 12.8. The van der Waals surface area contributed by atoms with Crippen LogP contribution < -0.4 is 5.32 Å². The van der Waals surface area contributed by atoms with Crippen molar-refractivity contribution < 1.29 is 0 Å². The summed E-state index contributed by atoms with van der Waals surface area (Å²) in [7, 11) is 2.20.